The van der Waals surface area contributed by atoms with Crippen molar-refractivity contribution in [2.24, 2.45) is 4.99 Å². The Morgan fingerprint density at radius 2 is 1.92 bits per heavy atom. The molecular weight excluding hydrogens is 323 g/mol. The van der Waals surface area contributed by atoms with Gasteiger partial charge in [0.15, 0.2) is 0 Å². The van der Waals surface area contributed by atoms with E-state index in [0.717, 1.165) is 12.0 Å². The molecule has 24 heavy (non-hydrogen) atoms. The number of halogens is 2. The highest BCUT2D eigenvalue weighted by Gasteiger charge is 2.34. The molecule has 126 valence electrons. The van der Waals surface area contributed by atoms with Gasteiger partial charge in [0.1, 0.15) is 5.82 Å². The van der Waals surface area contributed by atoms with Gasteiger partial charge in [-0.2, -0.15) is 0 Å². The van der Waals surface area contributed by atoms with Crippen LogP contribution in [0.1, 0.15) is 44.2 Å². The molecule has 3 rings (SSSR count). The van der Waals surface area contributed by atoms with Crippen LogP contribution in [-0.2, 0) is 0 Å². The average Bonchev–Trinajstić information content (AvgIpc) is 2.52. The van der Waals surface area contributed by atoms with E-state index in [9.17, 15) is 4.39 Å². The molecule has 0 saturated heterocycles. The summed E-state index contributed by atoms with van der Waals surface area (Å²) in [7, 11) is 2.12. The van der Waals surface area contributed by atoms with Gasteiger partial charge in [0.25, 0.3) is 0 Å². The molecule has 0 amide bonds. The third-order valence-corrected chi connectivity index (χ3v) is 5.26. The maximum absolute atomic E-state index is 13.0. The van der Waals surface area contributed by atoms with E-state index in [0.29, 0.717) is 16.6 Å². The van der Waals surface area contributed by atoms with Gasteiger partial charge in [0.05, 0.1) is 10.7 Å². The summed E-state index contributed by atoms with van der Waals surface area (Å²) in [6.07, 6.45) is 2.84. The minimum absolute atomic E-state index is 0.111. The Hall–Kier alpha value is -1.87. The third-order valence-electron chi connectivity index (χ3n) is 4.93. The number of aliphatic imine (C=N–C) groups is 1. The standard InChI is InChI=1S/C20H22ClFN2/c1-13-11-20(2,3)24(4)19-10-18(21)14(9-17(13)19)12-23-16-7-5-15(22)6-8-16/h5-10,12-13H,11H2,1-4H3/t13-/m0/s1. The van der Waals surface area contributed by atoms with Gasteiger partial charge < -0.3 is 4.90 Å². The van der Waals surface area contributed by atoms with E-state index in [1.807, 2.05) is 6.07 Å². The smallest absolute Gasteiger partial charge is 0.123 e. The Labute approximate surface area is 148 Å². The first kappa shape index (κ1) is 17.0. The Bertz CT molecular complexity index is 781. The van der Waals surface area contributed by atoms with Crippen LogP contribution in [0.2, 0.25) is 5.02 Å². The van der Waals surface area contributed by atoms with Crippen LogP contribution in [0.15, 0.2) is 41.4 Å². The third kappa shape index (κ3) is 3.18. The minimum Gasteiger partial charge on any atom is -0.369 e. The normalized spacial score (nSPS) is 19.6. The molecule has 0 unspecified atom stereocenters. The number of fused-ring (bicyclic) bond motifs is 1. The fourth-order valence-corrected chi connectivity index (χ4v) is 3.58. The van der Waals surface area contributed by atoms with Gasteiger partial charge in [-0.15, -0.1) is 0 Å². The van der Waals surface area contributed by atoms with Crippen molar-refractivity contribution in [3.8, 4) is 0 Å². The molecule has 0 radical (unpaired) electrons. The second-order valence-corrected chi connectivity index (χ2v) is 7.55. The molecule has 0 bridgehead atoms. The number of nitrogens with zero attached hydrogens (tertiary/aromatic N) is 2. The summed E-state index contributed by atoms with van der Waals surface area (Å²) >= 11 is 6.48. The van der Waals surface area contributed by atoms with Crippen LogP contribution in [0, 0.1) is 5.82 Å². The fraction of sp³-hybridized carbons (Fsp3) is 0.350. The number of hydrogen-bond donors (Lipinski definition) is 0. The number of benzene rings is 2. The summed E-state index contributed by atoms with van der Waals surface area (Å²) in [5.74, 6) is 0.196. The quantitative estimate of drug-likeness (QED) is 0.614. The molecule has 0 fully saturated rings. The zero-order chi connectivity index (χ0) is 17.5. The molecule has 0 spiro atoms. The van der Waals surface area contributed by atoms with E-state index >= 15 is 0 Å². The molecule has 0 saturated carbocycles. The number of anilines is 1. The van der Waals surface area contributed by atoms with E-state index in [2.05, 4.69) is 43.8 Å². The van der Waals surface area contributed by atoms with Gasteiger partial charge in [0, 0.05) is 30.1 Å². The van der Waals surface area contributed by atoms with E-state index in [1.54, 1.807) is 18.3 Å². The minimum atomic E-state index is -0.264. The zero-order valence-electron chi connectivity index (χ0n) is 14.5. The number of hydrogen-bond acceptors (Lipinski definition) is 2. The van der Waals surface area contributed by atoms with Crippen molar-refractivity contribution in [2.75, 3.05) is 11.9 Å². The molecule has 1 heterocycles. The molecule has 1 atom stereocenters. The van der Waals surface area contributed by atoms with Crippen LogP contribution >= 0.6 is 11.6 Å². The maximum atomic E-state index is 13.0. The van der Waals surface area contributed by atoms with Crippen molar-refractivity contribution in [1.82, 2.24) is 0 Å². The molecular formula is C20H22ClFN2. The summed E-state index contributed by atoms with van der Waals surface area (Å²) < 4.78 is 13.0. The highest BCUT2D eigenvalue weighted by molar-refractivity contribution is 6.33. The average molecular weight is 345 g/mol. The van der Waals surface area contributed by atoms with Crippen LogP contribution in [0.4, 0.5) is 15.8 Å². The lowest BCUT2D eigenvalue weighted by Crippen LogP contribution is -2.45. The van der Waals surface area contributed by atoms with Crippen molar-refractivity contribution in [2.45, 2.75) is 38.6 Å². The molecule has 4 heteroatoms. The summed E-state index contributed by atoms with van der Waals surface area (Å²) in [6, 6.07) is 10.3. The Morgan fingerprint density at radius 3 is 2.58 bits per heavy atom. The van der Waals surface area contributed by atoms with Crippen molar-refractivity contribution in [3.63, 3.8) is 0 Å². The molecule has 2 aromatic carbocycles. The van der Waals surface area contributed by atoms with Crippen LogP contribution in [0.25, 0.3) is 0 Å². The van der Waals surface area contributed by atoms with Crippen LogP contribution in [-0.4, -0.2) is 18.8 Å². The van der Waals surface area contributed by atoms with Crippen molar-refractivity contribution < 1.29 is 4.39 Å². The van der Waals surface area contributed by atoms with Gasteiger partial charge in [-0.25, -0.2) is 4.39 Å². The first-order chi connectivity index (χ1) is 11.3. The molecule has 1 aliphatic rings. The lowest BCUT2D eigenvalue weighted by molar-refractivity contribution is 0.395. The first-order valence-corrected chi connectivity index (χ1v) is 8.52. The van der Waals surface area contributed by atoms with Crippen molar-refractivity contribution in [1.29, 1.82) is 0 Å². The first-order valence-electron chi connectivity index (χ1n) is 8.15. The molecule has 0 aliphatic carbocycles. The molecule has 1 aliphatic heterocycles. The summed E-state index contributed by atoms with van der Waals surface area (Å²) in [5, 5.41) is 0.677. The maximum Gasteiger partial charge on any atom is 0.123 e. The van der Waals surface area contributed by atoms with Crippen molar-refractivity contribution in [3.05, 3.63) is 58.4 Å². The second kappa shape index (κ2) is 6.21. The Morgan fingerprint density at radius 1 is 1.25 bits per heavy atom. The highest BCUT2D eigenvalue weighted by atomic mass is 35.5. The molecule has 0 aromatic heterocycles. The highest BCUT2D eigenvalue weighted by Crippen LogP contribution is 2.44. The van der Waals surface area contributed by atoms with Gasteiger partial charge >= 0.3 is 0 Å². The zero-order valence-corrected chi connectivity index (χ0v) is 15.2. The molecule has 2 nitrogen and oxygen atoms in total. The Kier molecular flexibility index (Phi) is 4.39. The molecule has 2 aromatic rings. The lowest BCUT2D eigenvalue weighted by atomic mass is 9.80. The van der Waals surface area contributed by atoms with Crippen LogP contribution in [0.5, 0.6) is 0 Å². The fourth-order valence-electron chi connectivity index (χ4n) is 3.37. The topological polar surface area (TPSA) is 15.6 Å². The SMILES string of the molecule is C[C@H]1CC(C)(C)N(C)c2cc(Cl)c(C=Nc3ccc(F)cc3)cc21. The summed E-state index contributed by atoms with van der Waals surface area (Å²) in [5.41, 5.74) is 4.18. The largest absolute Gasteiger partial charge is 0.369 e. The van der Waals surface area contributed by atoms with Gasteiger partial charge in [-0.1, -0.05) is 18.5 Å². The van der Waals surface area contributed by atoms with E-state index in [1.165, 1.54) is 23.4 Å². The lowest BCUT2D eigenvalue weighted by Gasteiger charge is -2.45. The van der Waals surface area contributed by atoms with E-state index in [4.69, 9.17) is 11.6 Å². The van der Waals surface area contributed by atoms with Gasteiger partial charge in [-0.05, 0) is 68.1 Å². The summed E-state index contributed by atoms with van der Waals surface area (Å²) in [6.45, 7) is 6.76. The predicted octanol–water partition coefficient (Wildman–Crippen LogP) is 5.95. The predicted molar refractivity (Wildman–Crippen MR) is 101 cm³/mol. The van der Waals surface area contributed by atoms with Gasteiger partial charge in [-0.3, -0.25) is 4.99 Å². The monoisotopic (exact) mass is 344 g/mol. The van der Waals surface area contributed by atoms with E-state index in [-0.39, 0.29) is 11.4 Å². The molecule has 0 N–H and O–H groups in total. The van der Waals surface area contributed by atoms with E-state index < -0.39 is 0 Å². The Balaban J connectivity index is 1.97. The van der Waals surface area contributed by atoms with Crippen LogP contribution < -0.4 is 4.90 Å². The second-order valence-electron chi connectivity index (χ2n) is 7.14. The summed E-state index contributed by atoms with van der Waals surface area (Å²) in [4.78, 5) is 6.71. The van der Waals surface area contributed by atoms with Crippen molar-refractivity contribution >= 4 is 29.2 Å². The number of rotatable bonds is 2. The van der Waals surface area contributed by atoms with Gasteiger partial charge in [0.2, 0.25) is 0 Å². The van der Waals surface area contributed by atoms with Crippen LogP contribution in [0.3, 0.4) is 0 Å².